The van der Waals surface area contributed by atoms with Crippen LogP contribution in [-0.4, -0.2) is 21.3 Å². The summed E-state index contributed by atoms with van der Waals surface area (Å²) in [6.45, 7) is 1.55. The van der Waals surface area contributed by atoms with E-state index in [0.29, 0.717) is 5.56 Å². The third-order valence-electron chi connectivity index (χ3n) is 2.44. The Hall–Kier alpha value is -2.24. The molecule has 1 heterocycles. The molecule has 0 aliphatic rings. The summed E-state index contributed by atoms with van der Waals surface area (Å²) >= 11 is 0. The van der Waals surface area contributed by atoms with Crippen molar-refractivity contribution in [2.75, 3.05) is 0 Å². The largest absolute Gasteiger partial charge is 0.481 e. The lowest BCUT2D eigenvalue weighted by Crippen LogP contribution is -2.12. The van der Waals surface area contributed by atoms with E-state index in [4.69, 9.17) is 9.52 Å². The number of hydrogen-bond acceptors (Lipinski definition) is 4. The number of rotatable bonds is 4. The molecule has 2 rings (SSSR count). The fourth-order valence-corrected chi connectivity index (χ4v) is 1.42. The number of carbonyl (C=O) groups is 1. The van der Waals surface area contributed by atoms with Crippen LogP contribution in [0.2, 0.25) is 0 Å². The second-order valence-electron chi connectivity index (χ2n) is 3.95. The quantitative estimate of drug-likeness (QED) is 0.899. The van der Waals surface area contributed by atoms with Crippen molar-refractivity contribution in [2.45, 2.75) is 13.3 Å². The Morgan fingerprint density at radius 3 is 2.94 bits per heavy atom. The van der Waals surface area contributed by atoms with Gasteiger partial charge in [0.2, 0.25) is 11.8 Å². The lowest BCUT2D eigenvalue weighted by Gasteiger charge is -2.00. The average Bonchev–Trinajstić information content (AvgIpc) is 2.77. The molecular formula is C12H11FN2O3. The summed E-state index contributed by atoms with van der Waals surface area (Å²) in [7, 11) is 0. The number of carboxylic acids is 1. The van der Waals surface area contributed by atoms with Gasteiger partial charge in [-0.25, -0.2) is 4.39 Å². The first-order chi connectivity index (χ1) is 8.56. The van der Waals surface area contributed by atoms with Gasteiger partial charge in [0.1, 0.15) is 5.82 Å². The minimum atomic E-state index is -0.930. The molecule has 0 saturated carbocycles. The van der Waals surface area contributed by atoms with Crippen LogP contribution in [0.15, 0.2) is 28.7 Å². The predicted octanol–water partition coefficient (Wildman–Crippen LogP) is 2.14. The normalized spacial score (nSPS) is 12.3. The van der Waals surface area contributed by atoms with E-state index in [2.05, 4.69) is 10.2 Å². The van der Waals surface area contributed by atoms with E-state index in [1.54, 1.807) is 13.0 Å². The number of benzene rings is 1. The lowest BCUT2D eigenvalue weighted by molar-refractivity contribution is -0.141. The van der Waals surface area contributed by atoms with Gasteiger partial charge in [0.15, 0.2) is 0 Å². The number of carboxylic acid groups (broad SMARTS) is 1. The van der Waals surface area contributed by atoms with Gasteiger partial charge in [-0.2, -0.15) is 0 Å². The van der Waals surface area contributed by atoms with Crippen LogP contribution in [0, 0.1) is 11.7 Å². The molecule has 0 saturated heterocycles. The molecule has 0 bridgehead atoms. The molecule has 1 aromatic carbocycles. The number of aromatic nitrogens is 2. The Labute approximate surface area is 102 Å². The number of hydrogen-bond donors (Lipinski definition) is 1. The summed E-state index contributed by atoms with van der Waals surface area (Å²) in [5.41, 5.74) is 0.469. The van der Waals surface area contributed by atoms with Gasteiger partial charge in [-0.05, 0) is 18.2 Å². The SMILES string of the molecule is CC(Cc1nnc(-c2cccc(F)c2)o1)C(=O)O. The van der Waals surface area contributed by atoms with Crippen LogP contribution in [0.1, 0.15) is 12.8 Å². The molecule has 18 heavy (non-hydrogen) atoms. The highest BCUT2D eigenvalue weighted by Crippen LogP contribution is 2.19. The van der Waals surface area contributed by atoms with Gasteiger partial charge in [0, 0.05) is 12.0 Å². The molecular weight excluding hydrogens is 239 g/mol. The van der Waals surface area contributed by atoms with Crippen LogP contribution in [0.3, 0.4) is 0 Å². The van der Waals surface area contributed by atoms with Gasteiger partial charge in [0.05, 0.1) is 5.92 Å². The summed E-state index contributed by atoms with van der Waals surface area (Å²) in [4.78, 5) is 10.7. The van der Waals surface area contributed by atoms with Crippen LogP contribution < -0.4 is 0 Å². The van der Waals surface area contributed by atoms with Crippen molar-refractivity contribution in [3.8, 4) is 11.5 Å². The first kappa shape index (κ1) is 12.2. The Morgan fingerprint density at radius 1 is 1.50 bits per heavy atom. The molecule has 1 unspecified atom stereocenters. The zero-order chi connectivity index (χ0) is 13.1. The number of halogens is 1. The first-order valence-electron chi connectivity index (χ1n) is 5.37. The van der Waals surface area contributed by atoms with Gasteiger partial charge in [-0.3, -0.25) is 4.79 Å². The molecule has 0 fully saturated rings. The summed E-state index contributed by atoms with van der Waals surface area (Å²) in [6.07, 6.45) is 0.150. The summed E-state index contributed by atoms with van der Waals surface area (Å²) in [6, 6.07) is 5.76. The topological polar surface area (TPSA) is 76.2 Å². The molecule has 5 nitrogen and oxygen atoms in total. The number of nitrogens with zero attached hydrogens (tertiary/aromatic N) is 2. The fourth-order valence-electron chi connectivity index (χ4n) is 1.42. The van der Waals surface area contributed by atoms with Crippen molar-refractivity contribution < 1.29 is 18.7 Å². The molecule has 1 N–H and O–H groups in total. The van der Waals surface area contributed by atoms with Crippen molar-refractivity contribution in [1.82, 2.24) is 10.2 Å². The first-order valence-corrected chi connectivity index (χ1v) is 5.37. The highest BCUT2D eigenvalue weighted by molar-refractivity contribution is 5.69. The minimum absolute atomic E-state index is 0.150. The fraction of sp³-hybridized carbons (Fsp3) is 0.250. The lowest BCUT2D eigenvalue weighted by atomic mass is 10.1. The second kappa shape index (κ2) is 4.95. The van der Waals surface area contributed by atoms with E-state index in [0.717, 1.165) is 0 Å². The molecule has 0 radical (unpaired) electrons. The molecule has 0 amide bonds. The Morgan fingerprint density at radius 2 is 2.28 bits per heavy atom. The molecule has 6 heteroatoms. The molecule has 1 aromatic heterocycles. The molecule has 0 aliphatic carbocycles. The maximum absolute atomic E-state index is 13.0. The highest BCUT2D eigenvalue weighted by atomic mass is 19.1. The van der Waals surface area contributed by atoms with Crippen molar-refractivity contribution in [2.24, 2.45) is 5.92 Å². The zero-order valence-electron chi connectivity index (χ0n) is 9.63. The van der Waals surface area contributed by atoms with E-state index < -0.39 is 17.7 Å². The smallest absolute Gasteiger partial charge is 0.306 e. The van der Waals surface area contributed by atoms with E-state index in [-0.39, 0.29) is 18.2 Å². The maximum Gasteiger partial charge on any atom is 0.306 e. The Balaban J connectivity index is 2.18. The van der Waals surface area contributed by atoms with Gasteiger partial charge in [0.25, 0.3) is 0 Å². The molecule has 1 atom stereocenters. The van der Waals surface area contributed by atoms with Crippen LogP contribution in [-0.2, 0) is 11.2 Å². The van der Waals surface area contributed by atoms with Crippen molar-refractivity contribution in [3.05, 3.63) is 36.0 Å². The van der Waals surface area contributed by atoms with E-state index in [9.17, 15) is 9.18 Å². The van der Waals surface area contributed by atoms with Crippen LogP contribution in [0.5, 0.6) is 0 Å². The summed E-state index contributed by atoms with van der Waals surface area (Å²) < 4.78 is 18.3. The summed E-state index contributed by atoms with van der Waals surface area (Å²) in [5, 5.41) is 16.3. The third kappa shape index (κ3) is 2.71. The van der Waals surface area contributed by atoms with Crippen molar-refractivity contribution in [1.29, 1.82) is 0 Å². The molecule has 0 spiro atoms. The summed E-state index contributed by atoms with van der Waals surface area (Å²) in [5.74, 6) is -1.52. The van der Waals surface area contributed by atoms with Crippen LogP contribution in [0.4, 0.5) is 4.39 Å². The zero-order valence-corrected chi connectivity index (χ0v) is 9.63. The number of aliphatic carboxylic acids is 1. The highest BCUT2D eigenvalue weighted by Gasteiger charge is 2.16. The standard InChI is InChI=1S/C12H11FN2O3/c1-7(12(16)17)5-10-14-15-11(18-10)8-3-2-4-9(13)6-8/h2-4,6-7H,5H2,1H3,(H,16,17). The molecule has 0 aliphatic heterocycles. The minimum Gasteiger partial charge on any atom is -0.481 e. The van der Waals surface area contributed by atoms with Crippen molar-refractivity contribution >= 4 is 5.97 Å². The van der Waals surface area contributed by atoms with E-state index in [1.165, 1.54) is 18.2 Å². The van der Waals surface area contributed by atoms with Gasteiger partial charge in [-0.15, -0.1) is 10.2 Å². The van der Waals surface area contributed by atoms with Crippen LogP contribution >= 0.6 is 0 Å². The average molecular weight is 250 g/mol. The third-order valence-corrected chi connectivity index (χ3v) is 2.44. The van der Waals surface area contributed by atoms with Gasteiger partial charge in [-0.1, -0.05) is 13.0 Å². The maximum atomic E-state index is 13.0. The monoisotopic (exact) mass is 250 g/mol. The van der Waals surface area contributed by atoms with E-state index in [1.807, 2.05) is 0 Å². The molecule has 94 valence electrons. The Kier molecular flexibility index (Phi) is 3.36. The predicted molar refractivity (Wildman–Crippen MR) is 60.2 cm³/mol. The van der Waals surface area contributed by atoms with Crippen molar-refractivity contribution in [3.63, 3.8) is 0 Å². The van der Waals surface area contributed by atoms with Gasteiger partial charge < -0.3 is 9.52 Å². The molecule has 2 aromatic rings. The Bertz CT molecular complexity index is 568. The van der Waals surface area contributed by atoms with E-state index >= 15 is 0 Å². The van der Waals surface area contributed by atoms with Gasteiger partial charge >= 0.3 is 5.97 Å². The van der Waals surface area contributed by atoms with Crippen LogP contribution in [0.25, 0.3) is 11.5 Å². The second-order valence-corrected chi connectivity index (χ2v) is 3.95.